The van der Waals surface area contributed by atoms with Gasteiger partial charge in [-0.3, -0.25) is 9.78 Å². The van der Waals surface area contributed by atoms with Gasteiger partial charge in [-0.25, -0.2) is 4.98 Å². The van der Waals surface area contributed by atoms with Gasteiger partial charge in [0.2, 0.25) is 0 Å². The maximum absolute atomic E-state index is 12.5. The Bertz CT molecular complexity index is 599. The normalized spacial score (nSPS) is 19.1. The molecule has 1 atom stereocenters. The monoisotopic (exact) mass is 289 g/mol. The Hall–Kier alpha value is -1.79. The van der Waals surface area contributed by atoms with Crippen molar-refractivity contribution in [1.29, 1.82) is 0 Å². The van der Waals surface area contributed by atoms with Crippen molar-refractivity contribution in [1.82, 2.24) is 14.9 Å². The lowest BCUT2D eigenvalue weighted by Crippen LogP contribution is -2.42. The average Bonchev–Trinajstić information content (AvgIpc) is 2.94. The predicted molar refractivity (Wildman–Crippen MR) is 75.7 cm³/mol. The van der Waals surface area contributed by atoms with E-state index in [-0.39, 0.29) is 12.0 Å². The number of carbonyl (C=O) groups excluding carboxylic acids is 1. The number of ether oxygens (including phenoxy) is 1. The number of aromatic nitrogens is 2. The van der Waals surface area contributed by atoms with Crippen LogP contribution in [0.5, 0.6) is 0 Å². The molecule has 1 fully saturated rings. The van der Waals surface area contributed by atoms with E-state index >= 15 is 0 Å². The van der Waals surface area contributed by atoms with Crippen molar-refractivity contribution < 1.29 is 9.53 Å². The number of amides is 1. The number of thiazole rings is 1. The third-order valence-electron chi connectivity index (χ3n) is 3.37. The molecular weight excluding hydrogens is 274 g/mol. The van der Waals surface area contributed by atoms with Crippen LogP contribution in [-0.4, -0.2) is 40.5 Å². The summed E-state index contributed by atoms with van der Waals surface area (Å²) in [6, 6.07) is 3.85. The molecule has 0 bridgehead atoms. The minimum Gasteiger partial charge on any atom is -0.370 e. The summed E-state index contributed by atoms with van der Waals surface area (Å²) >= 11 is 1.40. The topological polar surface area (TPSA) is 55.3 Å². The molecular formula is C14H15N3O2S. The molecule has 2 aromatic rings. The van der Waals surface area contributed by atoms with Crippen LogP contribution in [0, 0.1) is 6.92 Å². The Kier molecular flexibility index (Phi) is 3.75. The van der Waals surface area contributed by atoms with Crippen molar-refractivity contribution in [3.63, 3.8) is 0 Å². The summed E-state index contributed by atoms with van der Waals surface area (Å²) in [7, 11) is 0. The van der Waals surface area contributed by atoms with E-state index < -0.39 is 0 Å². The molecule has 5 nitrogen and oxygen atoms in total. The summed E-state index contributed by atoms with van der Waals surface area (Å²) < 4.78 is 5.76. The fourth-order valence-corrected chi connectivity index (χ4v) is 3.03. The quantitative estimate of drug-likeness (QED) is 0.849. The summed E-state index contributed by atoms with van der Waals surface area (Å²) in [6.45, 7) is 3.61. The molecule has 3 rings (SSSR count). The van der Waals surface area contributed by atoms with Crippen molar-refractivity contribution in [2.45, 2.75) is 13.0 Å². The van der Waals surface area contributed by atoms with Crippen LogP contribution in [0.2, 0.25) is 0 Å². The first-order chi connectivity index (χ1) is 9.75. The summed E-state index contributed by atoms with van der Waals surface area (Å²) in [4.78, 5) is 23.2. The number of carbonyl (C=O) groups is 1. The van der Waals surface area contributed by atoms with Crippen molar-refractivity contribution in [3.8, 4) is 0 Å². The van der Waals surface area contributed by atoms with Crippen LogP contribution >= 0.6 is 11.3 Å². The molecule has 6 heteroatoms. The van der Waals surface area contributed by atoms with Gasteiger partial charge in [-0.05, 0) is 24.6 Å². The first-order valence-corrected chi connectivity index (χ1v) is 7.34. The number of pyridine rings is 1. The highest BCUT2D eigenvalue weighted by Gasteiger charge is 2.27. The van der Waals surface area contributed by atoms with E-state index in [0.29, 0.717) is 19.7 Å². The van der Waals surface area contributed by atoms with Crippen LogP contribution in [0.1, 0.15) is 27.0 Å². The third-order valence-corrected chi connectivity index (χ3v) is 4.29. The standard InChI is InChI=1S/C14H15N3O2S/c1-10-13(20-9-16-10)14(18)17-6-7-19-12(8-17)11-2-4-15-5-3-11/h2-5,9,12H,6-8H2,1H3/t12-/m1/s1. The average molecular weight is 289 g/mol. The highest BCUT2D eigenvalue weighted by Crippen LogP contribution is 2.24. The Labute approximate surface area is 121 Å². The van der Waals surface area contributed by atoms with Crippen LogP contribution in [0.4, 0.5) is 0 Å². The predicted octanol–water partition coefficient (Wildman–Crippen LogP) is 2.06. The van der Waals surface area contributed by atoms with Crippen molar-refractivity contribution in [2.24, 2.45) is 0 Å². The van der Waals surface area contributed by atoms with E-state index in [9.17, 15) is 4.79 Å². The van der Waals surface area contributed by atoms with E-state index in [1.54, 1.807) is 17.9 Å². The van der Waals surface area contributed by atoms with Gasteiger partial charge in [0, 0.05) is 18.9 Å². The molecule has 104 valence electrons. The van der Waals surface area contributed by atoms with Crippen LogP contribution in [0.25, 0.3) is 0 Å². The van der Waals surface area contributed by atoms with Crippen LogP contribution < -0.4 is 0 Å². The van der Waals surface area contributed by atoms with E-state index in [1.165, 1.54) is 11.3 Å². The Morgan fingerprint density at radius 2 is 2.25 bits per heavy atom. The van der Waals surface area contributed by atoms with Gasteiger partial charge in [-0.1, -0.05) is 0 Å². The molecule has 0 aromatic carbocycles. The van der Waals surface area contributed by atoms with Gasteiger partial charge in [-0.2, -0.15) is 0 Å². The number of aryl methyl sites for hydroxylation is 1. The molecule has 1 amide bonds. The Morgan fingerprint density at radius 1 is 1.45 bits per heavy atom. The fraction of sp³-hybridized carbons (Fsp3) is 0.357. The molecule has 1 aliphatic rings. The molecule has 1 saturated heterocycles. The molecule has 0 unspecified atom stereocenters. The zero-order valence-electron chi connectivity index (χ0n) is 11.2. The largest absolute Gasteiger partial charge is 0.370 e. The van der Waals surface area contributed by atoms with Crippen molar-refractivity contribution in [3.05, 3.63) is 46.2 Å². The summed E-state index contributed by atoms with van der Waals surface area (Å²) in [5.74, 6) is 0.0485. The molecule has 0 spiro atoms. The number of hydrogen-bond donors (Lipinski definition) is 0. The summed E-state index contributed by atoms with van der Waals surface area (Å²) in [5, 5.41) is 0. The van der Waals surface area contributed by atoms with Crippen LogP contribution in [-0.2, 0) is 4.74 Å². The highest BCUT2D eigenvalue weighted by atomic mass is 32.1. The smallest absolute Gasteiger partial charge is 0.266 e. The van der Waals surface area contributed by atoms with Crippen molar-refractivity contribution >= 4 is 17.2 Å². The van der Waals surface area contributed by atoms with E-state index in [0.717, 1.165) is 16.1 Å². The second-order valence-corrected chi connectivity index (χ2v) is 5.51. The maximum atomic E-state index is 12.5. The molecule has 0 radical (unpaired) electrons. The fourth-order valence-electron chi connectivity index (χ4n) is 2.26. The first-order valence-electron chi connectivity index (χ1n) is 6.46. The number of nitrogens with zero attached hydrogens (tertiary/aromatic N) is 3. The lowest BCUT2D eigenvalue weighted by molar-refractivity contribution is -0.0227. The second kappa shape index (κ2) is 5.68. The Morgan fingerprint density at radius 3 is 2.95 bits per heavy atom. The molecule has 2 aromatic heterocycles. The zero-order chi connectivity index (χ0) is 13.9. The minimum absolute atomic E-state index is 0.0485. The molecule has 20 heavy (non-hydrogen) atoms. The van der Waals surface area contributed by atoms with Crippen LogP contribution in [0.15, 0.2) is 30.0 Å². The number of morpholine rings is 1. The van der Waals surface area contributed by atoms with Gasteiger partial charge in [-0.15, -0.1) is 11.3 Å². The van der Waals surface area contributed by atoms with Gasteiger partial charge in [0.1, 0.15) is 11.0 Å². The third kappa shape index (κ3) is 2.57. The molecule has 0 N–H and O–H groups in total. The minimum atomic E-state index is -0.0797. The number of hydrogen-bond acceptors (Lipinski definition) is 5. The summed E-state index contributed by atoms with van der Waals surface area (Å²) in [5.41, 5.74) is 3.56. The highest BCUT2D eigenvalue weighted by molar-refractivity contribution is 7.11. The van der Waals surface area contributed by atoms with Gasteiger partial charge < -0.3 is 9.64 Å². The molecule has 0 aliphatic carbocycles. The second-order valence-electron chi connectivity index (χ2n) is 4.66. The lowest BCUT2D eigenvalue weighted by atomic mass is 10.1. The van der Waals surface area contributed by atoms with Crippen LogP contribution in [0.3, 0.4) is 0 Å². The van der Waals surface area contributed by atoms with Crippen molar-refractivity contribution in [2.75, 3.05) is 19.7 Å². The Balaban J connectivity index is 1.76. The van der Waals surface area contributed by atoms with Gasteiger partial charge in [0.25, 0.3) is 5.91 Å². The molecule has 0 saturated carbocycles. The zero-order valence-corrected chi connectivity index (χ0v) is 12.0. The SMILES string of the molecule is Cc1ncsc1C(=O)N1CCO[C@@H](c2ccncc2)C1. The first kappa shape index (κ1) is 13.2. The van der Waals surface area contributed by atoms with E-state index in [4.69, 9.17) is 4.74 Å². The molecule has 1 aliphatic heterocycles. The van der Waals surface area contributed by atoms with E-state index in [1.807, 2.05) is 24.0 Å². The van der Waals surface area contributed by atoms with E-state index in [2.05, 4.69) is 9.97 Å². The molecule has 3 heterocycles. The van der Waals surface area contributed by atoms with Gasteiger partial charge >= 0.3 is 0 Å². The number of rotatable bonds is 2. The maximum Gasteiger partial charge on any atom is 0.266 e. The van der Waals surface area contributed by atoms with Gasteiger partial charge in [0.05, 0.1) is 24.4 Å². The summed E-state index contributed by atoms with van der Waals surface area (Å²) in [6.07, 6.45) is 3.41. The van der Waals surface area contributed by atoms with Gasteiger partial charge in [0.15, 0.2) is 0 Å². The lowest BCUT2D eigenvalue weighted by Gasteiger charge is -2.33.